The number of nitrogens with one attached hydrogen (secondary N) is 3. The number of carbonyl (C=O) groups is 1. The second-order valence-corrected chi connectivity index (χ2v) is 8.01. The fraction of sp³-hybridized carbons (Fsp3) is 0.889. The molecule has 9 heteroatoms. The van der Waals surface area contributed by atoms with Gasteiger partial charge < -0.3 is 25.8 Å². The highest BCUT2D eigenvalue weighted by atomic mass is 127. The molecule has 4 N–H and O–H groups in total. The second kappa shape index (κ2) is 12.7. The third kappa shape index (κ3) is 11.7. The first-order valence-electron chi connectivity index (χ1n) is 9.47. The minimum atomic E-state index is -0.903. The van der Waals surface area contributed by atoms with Gasteiger partial charge in [0.05, 0.1) is 25.4 Å². The Kier molecular flexibility index (Phi) is 12.4. The number of guanidine groups is 1. The van der Waals surface area contributed by atoms with Crippen molar-refractivity contribution in [1.29, 1.82) is 0 Å². The van der Waals surface area contributed by atoms with Crippen molar-refractivity contribution in [3.63, 3.8) is 0 Å². The van der Waals surface area contributed by atoms with Crippen LogP contribution in [0.4, 0.5) is 0 Å². The summed E-state index contributed by atoms with van der Waals surface area (Å²) in [5, 5.41) is 19.9. The minimum Gasteiger partial charge on any atom is -0.387 e. The lowest BCUT2D eigenvalue weighted by molar-refractivity contribution is -0.128. The van der Waals surface area contributed by atoms with Gasteiger partial charge in [0.2, 0.25) is 5.91 Å². The van der Waals surface area contributed by atoms with Gasteiger partial charge >= 0.3 is 0 Å². The van der Waals surface area contributed by atoms with Crippen molar-refractivity contribution in [1.82, 2.24) is 20.9 Å². The van der Waals surface area contributed by atoms with Gasteiger partial charge in [-0.05, 0) is 13.8 Å². The van der Waals surface area contributed by atoms with E-state index in [1.807, 2.05) is 27.7 Å². The van der Waals surface area contributed by atoms with Crippen LogP contribution in [0.3, 0.4) is 0 Å². The topological polar surface area (TPSA) is 98.2 Å². The van der Waals surface area contributed by atoms with Gasteiger partial charge in [-0.2, -0.15) is 0 Å². The van der Waals surface area contributed by atoms with E-state index in [9.17, 15) is 9.90 Å². The molecule has 1 heterocycles. The SMILES string of the molecule is CCNC(=NCC(C)(O)CN1CCOCC1)NCCNC(=O)C(C)(C)C.I. The predicted molar refractivity (Wildman–Crippen MR) is 120 cm³/mol. The minimum absolute atomic E-state index is 0. The van der Waals surface area contributed by atoms with Crippen molar-refractivity contribution in [2.45, 2.75) is 40.2 Å². The summed E-state index contributed by atoms with van der Waals surface area (Å²) in [5.74, 6) is 0.662. The van der Waals surface area contributed by atoms with E-state index >= 15 is 0 Å². The summed E-state index contributed by atoms with van der Waals surface area (Å²) in [5.41, 5.74) is -1.29. The summed E-state index contributed by atoms with van der Waals surface area (Å²) >= 11 is 0. The number of aliphatic imine (C=N–C) groups is 1. The number of halogens is 1. The molecule has 1 saturated heterocycles. The molecule has 0 radical (unpaired) electrons. The summed E-state index contributed by atoms with van der Waals surface area (Å²) in [4.78, 5) is 18.5. The average Bonchev–Trinajstić information content (AvgIpc) is 2.56. The summed E-state index contributed by atoms with van der Waals surface area (Å²) in [6.45, 7) is 15.2. The molecule has 1 aliphatic rings. The first-order valence-corrected chi connectivity index (χ1v) is 9.47. The maximum absolute atomic E-state index is 11.8. The van der Waals surface area contributed by atoms with Crippen molar-refractivity contribution in [2.75, 3.05) is 59.0 Å². The Morgan fingerprint density at radius 1 is 1.11 bits per heavy atom. The maximum atomic E-state index is 11.8. The molecule has 1 atom stereocenters. The van der Waals surface area contributed by atoms with Gasteiger partial charge in [-0.1, -0.05) is 20.8 Å². The molecule has 0 aliphatic carbocycles. The largest absolute Gasteiger partial charge is 0.387 e. The summed E-state index contributed by atoms with van der Waals surface area (Å²) in [6, 6.07) is 0. The molecule has 1 unspecified atom stereocenters. The molecule has 0 aromatic rings. The quantitative estimate of drug-likeness (QED) is 0.167. The lowest BCUT2D eigenvalue weighted by Crippen LogP contribution is -2.48. The zero-order valence-corrected chi connectivity index (χ0v) is 19.8. The van der Waals surface area contributed by atoms with Crippen molar-refractivity contribution in [2.24, 2.45) is 10.4 Å². The summed E-state index contributed by atoms with van der Waals surface area (Å²) < 4.78 is 5.34. The Hall–Kier alpha value is -0.650. The average molecular weight is 499 g/mol. The second-order valence-electron chi connectivity index (χ2n) is 8.01. The van der Waals surface area contributed by atoms with Crippen LogP contribution in [-0.2, 0) is 9.53 Å². The zero-order valence-electron chi connectivity index (χ0n) is 17.4. The molecule has 160 valence electrons. The monoisotopic (exact) mass is 499 g/mol. The van der Waals surface area contributed by atoms with Gasteiger partial charge in [0.25, 0.3) is 0 Å². The molecule has 1 amide bonds. The molecule has 1 rings (SSSR count). The highest BCUT2D eigenvalue weighted by Gasteiger charge is 2.25. The van der Waals surface area contributed by atoms with Crippen LogP contribution in [0.1, 0.15) is 34.6 Å². The van der Waals surface area contributed by atoms with Gasteiger partial charge in [0.1, 0.15) is 0 Å². The van der Waals surface area contributed by atoms with Crippen LogP contribution in [0.15, 0.2) is 4.99 Å². The number of β-amino-alcohol motifs (C(OH)–C–C–N with tert-alkyl or cyclic N) is 1. The number of ether oxygens (including phenoxy) is 1. The Balaban J connectivity index is 0.00000676. The van der Waals surface area contributed by atoms with Crippen LogP contribution in [0.5, 0.6) is 0 Å². The van der Waals surface area contributed by atoms with Crippen LogP contribution in [0.2, 0.25) is 0 Å². The van der Waals surface area contributed by atoms with Gasteiger partial charge in [0.15, 0.2) is 5.96 Å². The number of hydrogen-bond donors (Lipinski definition) is 4. The number of nitrogens with zero attached hydrogens (tertiary/aromatic N) is 2. The van der Waals surface area contributed by atoms with Crippen LogP contribution in [0, 0.1) is 5.41 Å². The molecule has 0 saturated carbocycles. The highest BCUT2D eigenvalue weighted by molar-refractivity contribution is 14.0. The van der Waals surface area contributed by atoms with Crippen molar-refractivity contribution < 1.29 is 14.6 Å². The van der Waals surface area contributed by atoms with Gasteiger partial charge in [0, 0.05) is 44.7 Å². The molecular weight excluding hydrogens is 461 g/mol. The molecular formula is C18H38IN5O3. The predicted octanol–water partition coefficient (Wildman–Crippen LogP) is 0.405. The molecule has 0 spiro atoms. The Morgan fingerprint density at radius 3 is 2.26 bits per heavy atom. The van der Waals surface area contributed by atoms with E-state index in [-0.39, 0.29) is 29.9 Å². The fourth-order valence-corrected chi connectivity index (χ4v) is 2.50. The van der Waals surface area contributed by atoms with Gasteiger partial charge in [-0.3, -0.25) is 14.7 Å². The third-order valence-corrected chi connectivity index (χ3v) is 3.97. The standard InChI is InChI=1S/C18H37N5O3.HI/c1-6-19-16(21-8-7-20-15(24)17(2,3)4)22-13-18(5,25)14-23-9-11-26-12-10-23;/h25H,6-14H2,1-5H3,(H,20,24)(H2,19,21,22);1H. The van der Waals surface area contributed by atoms with Crippen LogP contribution < -0.4 is 16.0 Å². The summed E-state index contributed by atoms with van der Waals surface area (Å²) in [7, 11) is 0. The number of hydrogen-bond acceptors (Lipinski definition) is 5. The van der Waals surface area contributed by atoms with Crippen LogP contribution >= 0.6 is 24.0 Å². The lowest BCUT2D eigenvalue weighted by Gasteiger charge is -2.33. The third-order valence-electron chi connectivity index (χ3n) is 3.97. The Bertz CT molecular complexity index is 460. The summed E-state index contributed by atoms with van der Waals surface area (Å²) in [6.07, 6.45) is 0. The molecule has 0 aromatic carbocycles. The van der Waals surface area contributed by atoms with Gasteiger partial charge in [-0.15, -0.1) is 24.0 Å². The van der Waals surface area contributed by atoms with E-state index in [0.29, 0.717) is 45.4 Å². The van der Waals surface area contributed by atoms with Crippen molar-refractivity contribution in [3.8, 4) is 0 Å². The van der Waals surface area contributed by atoms with E-state index in [1.54, 1.807) is 6.92 Å². The first kappa shape index (κ1) is 26.4. The smallest absolute Gasteiger partial charge is 0.225 e. The lowest BCUT2D eigenvalue weighted by atomic mass is 9.96. The number of morpholine rings is 1. The first-order chi connectivity index (χ1) is 12.1. The van der Waals surface area contributed by atoms with E-state index in [4.69, 9.17) is 4.74 Å². The molecule has 0 bridgehead atoms. The Morgan fingerprint density at radius 2 is 1.70 bits per heavy atom. The van der Waals surface area contributed by atoms with Crippen LogP contribution in [-0.4, -0.2) is 86.5 Å². The van der Waals surface area contributed by atoms with E-state index < -0.39 is 11.0 Å². The van der Waals surface area contributed by atoms with Gasteiger partial charge in [-0.25, -0.2) is 0 Å². The maximum Gasteiger partial charge on any atom is 0.225 e. The number of amides is 1. The molecule has 0 aromatic heterocycles. The molecule has 1 fully saturated rings. The van der Waals surface area contributed by atoms with E-state index in [0.717, 1.165) is 19.6 Å². The number of aliphatic hydroxyl groups is 1. The normalized spacial score (nSPS) is 18.2. The van der Waals surface area contributed by atoms with E-state index in [2.05, 4.69) is 25.8 Å². The number of carbonyl (C=O) groups excluding carboxylic acids is 1. The highest BCUT2D eigenvalue weighted by Crippen LogP contribution is 2.12. The number of rotatable bonds is 8. The molecule has 27 heavy (non-hydrogen) atoms. The molecule has 1 aliphatic heterocycles. The van der Waals surface area contributed by atoms with E-state index in [1.165, 1.54) is 0 Å². The Labute approximate surface area is 180 Å². The van der Waals surface area contributed by atoms with Crippen molar-refractivity contribution in [3.05, 3.63) is 0 Å². The van der Waals surface area contributed by atoms with Crippen molar-refractivity contribution >= 4 is 35.8 Å². The van der Waals surface area contributed by atoms with Crippen LogP contribution in [0.25, 0.3) is 0 Å². The molecule has 8 nitrogen and oxygen atoms in total. The zero-order chi connectivity index (χ0) is 19.6. The fourth-order valence-electron chi connectivity index (χ4n) is 2.50.